The number of H-pyrrole nitrogens is 1. The fourth-order valence-corrected chi connectivity index (χ4v) is 7.02. The molecule has 0 radical (unpaired) electrons. The molecule has 0 spiro atoms. The number of hydrogen-bond donors (Lipinski definition) is 1. The van der Waals surface area contributed by atoms with E-state index in [9.17, 15) is 9.59 Å². The minimum absolute atomic E-state index is 0.0474. The van der Waals surface area contributed by atoms with Gasteiger partial charge in [0, 0.05) is 96.4 Å². The first-order valence-electron chi connectivity index (χ1n) is 15.3. The molecule has 8 rings (SSSR count). The van der Waals surface area contributed by atoms with E-state index in [0.29, 0.717) is 6.54 Å². The van der Waals surface area contributed by atoms with Gasteiger partial charge in [-0.1, -0.05) is 36.4 Å². The highest BCUT2D eigenvalue weighted by molar-refractivity contribution is 6.11. The molecule has 1 aliphatic carbocycles. The summed E-state index contributed by atoms with van der Waals surface area (Å²) in [6.45, 7) is 6.00. The van der Waals surface area contributed by atoms with Crippen LogP contribution in [-0.2, 0) is 40.0 Å². The van der Waals surface area contributed by atoms with Crippen LogP contribution in [0.1, 0.15) is 55.7 Å². The summed E-state index contributed by atoms with van der Waals surface area (Å²) in [4.78, 5) is 39.5. The van der Waals surface area contributed by atoms with E-state index in [2.05, 4.69) is 53.9 Å². The van der Waals surface area contributed by atoms with E-state index in [-0.39, 0.29) is 17.6 Å². The van der Waals surface area contributed by atoms with Crippen molar-refractivity contribution in [1.82, 2.24) is 33.6 Å². The molecule has 9 nitrogen and oxygen atoms in total. The number of aromatic nitrogens is 6. The lowest BCUT2D eigenvalue weighted by atomic mass is 9.85. The van der Waals surface area contributed by atoms with Gasteiger partial charge in [0.25, 0.3) is 5.91 Å². The number of aromatic amines is 1. The number of Topliss-reactive ketones (excluding diaryl/α,β-unsaturated/α-hetero) is 1. The molecule has 2 aliphatic rings. The van der Waals surface area contributed by atoms with Gasteiger partial charge in [0.05, 0.1) is 24.1 Å². The van der Waals surface area contributed by atoms with Gasteiger partial charge in [-0.3, -0.25) is 9.59 Å². The Morgan fingerprint density at radius 1 is 0.864 bits per heavy atom. The highest BCUT2D eigenvalue weighted by Crippen LogP contribution is 2.34. The van der Waals surface area contributed by atoms with Crippen LogP contribution in [0.25, 0.3) is 21.8 Å². The number of aryl methyl sites for hydroxylation is 4. The molecule has 1 amide bonds. The highest BCUT2D eigenvalue weighted by atomic mass is 16.2. The zero-order valence-electron chi connectivity index (χ0n) is 25.7. The Bertz CT molecular complexity index is 1890. The standard InChI is InChI=1S/C18H19N3O.C17H18N4O/c1-12-19-9-10-21(12)11-13-7-8-16-17(18(13)22)14-5-3-4-6-15(14)20(16)2;1-11-13(19-10-18-11)9-21-8-7-15-16(17(21)22)12-5-3-4-6-14(12)20(15)2/h3-6,9-10,13H,7-8,11H2,1-2H3;3-6,10H,7-9H2,1-2H3,(H,18,19). The quantitative estimate of drug-likeness (QED) is 0.293. The first-order chi connectivity index (χ1) is 21.3. The van der Waals surface area contributed by atoms with Gasteiger partial charge in [0.2, 0.25) is 0 Å². The normalized spacial score (nSPS) is 16.3. The molecule has 2 aromatic carbocycles. The number of para-hydroxylation sites is 2. The highest BCUT2D eigenvalue weighted by Gasteiger charge is 2.32. The average molecular weight is 588 g/mol. The molecule has 1 aliphatic heterocycles. The van der Waals surface area contributed by atoms with E-state index < -0.39 is 0 Å². The van der Waals surface area contributed by atoms with Crippen LogP contribution >= 0.6 is 0 Å². The minimum Gasteiger partial charge on any atom is -0.348 e. The number of nitrogens with one attached hydrogen (secondary N) is 1. The van der Waals surface area contributed by atoms with Gasteiger partial charge in [0.1, 0.15) is 5.82 Å². The molecule has 9 heteroatoms. The number of carbonyl (C=O) groups is 2. The van der Waals surface area contributed by atoms with Crippen molar-refractivity contribution in [2.24, 2.45) is 20.0 Å². The summed E-state index contributed by atoms with van der Waals surface area (Å²) in [7, 11) is 4.11. The summed E-state index contributed by atoms with van der Waals surface area (Å²) in [5.41, 5.74) is 8.36. The first-order valence-corrected chi connectivity index (χ1v) is 15.3. The molecule has 0 saturated carbocycles. The lowest BCUT2D eigenvalue weighted by Gasteiger charge is -2.27. The number of amides is 1. The summed E-state index contributed by atoms with van der Waals surface area (Å²) >= 11 is 0. The number of benzene rings is 2. The molecular formula is C35H37N7O2. The number of ketones is 1. The minimum atomic E-state index is 0.0474. The third kappa shape index (κ3) is 4.54. The van der Waals surface area contributed by atoms with Crippen molar-refractivity contribution in [2.75, 3.05) is 6.54 Å². The maximum Gasteiger partial charge on any atom is 0.256 e. The van der Waals surface area contributed by atoms with Crippen molar-refractivity contribution >= 4 is 33.5 Å². The summed E-state index contributed by atoms with van der Waals surface area (Å²) < 4.78 is 6.42. The second-order valence-corrected chi connectivity index (χ2v) is 12.0. The van der Waals surface area contributed by atoms with Crippen molar-refractivity contribution < 1.29 is 9.59 Å². The number of hydrogen-bond acceptors (Lipinski definition) is 4. The van der Waals surface area contributed by atoms with Gasteiger partial charge in [-0.2, -0.15) is 0 Å². The van der Waals surface area contributed by atoms with Crippen LogP contribution in [0.3, 0.4) is 0 Å². The predicted molar refractivity (Wildman–Crippen MR) is 171 cm³/mol. The van der Waals surface area contributed by atoms with Gasteiger partial charge in [-0.15, -0.1) is 0 Å². The maximum absolute atomic E-state index is 13.0. The monoisotopic (exact) mass is 587 g/mol. The van der Waals surface area contributed by atoms with Crippen LogP contribution in [0, 0.1) is 19.8 Å². The lowest BCUT2D eigenvalue weighted by Crippen LogP contribution is -2.37. The molecule has 6 aromatic rings. The second kappa shape index (κ2) is 11.0. The molecule has 1 N–H and O–H groups in total. The second-order valence-electron chi connectivity index (χ2n) is 12.0. The van der Waals surface area contributed by atoms with Crippen LogP contribution in [-0.4, -0.2) is 51.8 Å². The van der Waals surface area contributed by atoms with E-state index in [4.69, 9.17) is 0 Å². The number of imidazole rings is 2. The Balaban J connectivity index is 0.000000142. The number of carbonyl (C=O) groups excluding carboxylic acids is 2. The van der Waals surface area contributed by atoms with Gasteiger partial charge >= 0.3 is 0 Å². The van der Waals surface area contributed by atoms with Gasteiger partial charge in [-0.05, 0) is 38.8 Å². The smallest absolute Gasteiger partial charge is 0.256 e. The van der Waals surface area contributed by atoms with E-state index in [1.807, 2.05) is 62.3 Å². The maximum atomic E-state index is 13.0. The summed E-state index contributed by atoms with van der Waals surface area (Å²) in [6.07, 6.45) is 8.20. The van der Waals surface area contributed by atoms with E-state index in [1.54, 1.807) is 12.5 Å². The molecule has 1 unspecified atom stereocenters. The van der Waals surface area contributed by atoms with Crippen LogP contribution in [0.15, 0.2) is 67.3 Å². The first kappa shape index (κ1) is 27.9. The Hall–Kier alpha value is -4.92. The van der Waals surface area contributed by atoms with Gasteiger partial charge < -0.3 is 23.6 Å². The van der Waals surface area contributed by atoms with Crippen LogP contribution in [0.5, 0.6) is 0 Å². The van der Waals surface area contributed by atoms with Crippen molar-refractivity contribution in [3.63, 3.8) is 0 Å². The summed E-state index contributed by atoms with van der Waals surface area (Å²) in [6, 6.07) is 16.3. The van der Waals surface area contributed by atoms with E-state index in [1.165, 1.54) is 5.69 Å². The largest absolute Gasteiger partial charge is 0.348 e. The van der Waals surface area contributed by atoms with Crippen molar-refractivity contribution in [3.8, 4) is 0 Å². The van der Waals surface area contributed by atoms with Crippen LogP contribution in [0.2, 0.25) is 0 Å². The molecular weight excluding hydrogens is 550 g/mol. The Labute approximate surface area is 256 Å². The molecule has 224 valence electrons. The van der Waals surface area contributed by atoms with Crippen molar-refractivity contribution in [3.05, 3.63) is 107 Å². The Morgan fingerprint density at radius 2 is 1.52 bits per heavy atom. The van der Waals surface area contributed by atoms with Crippen LogP contribution < -0.4 is 0 Å². The fourth-order valence-electron chi connectivity index (χ4n) is 7.02. The molecule has 0 fully saturated rings. The zero-order valence-corrected chi connectivity index (χ0v) is 25.7. The van der Waals surface area contributed by atoms with E-state index >= 15 is 0 Å². The van der Waals surface area contributed by atoms with Gasteiger partial charge in [-0.25, -0.2) is 9.97 Å². The molecule has 0 bridgehead atoms. The van der Waals surface area contributed by atoms with Gasteiger partial charge in [0.15, 0.2) is 5.78 Å². The van der Waals surface area contributed by atoms with Crippen molar-refractivity contribution in [1.29, 1.82) is 0 Å². The van der Waals surface area contributed by atoms with Crippen molar-refractivity contribution in [2.45, 2.75) is 46.2 Å². The number of fused-ring (bicyclic) bond motifs is 6. The van der Waals surface area contributed by atoms with E-state index in [0.717, 1.165) is 88.2 Å². The summed E-state index contributed by atoms with van der Waals surface area (Å²) in [5.74, 6) is 1.41. The SMILES string of the molecule is Cc1[nH]cnc1CN1CCc2c(c3ccccc3n2C)C1=O.Cc1nccn1CC1CCc2c(c3ccccc3n2C)C1=O. The number of nitrogens with zero attached hydrogens (tertiary/aromatic N) is 6. The molecule has 44 heavy (non-hydrogen) atoms. The zero-order chi connectivity index (χ0) is 30.5. The Morgan fingerprint density at radius 3 is 2.16 bits per heavy atom. The van der Waals surface area contributed by atoms with Crippen LogP contribution in [0.4, 0.5) is 0 Å². The summed E-state index contributed by atoms with van der Waals surface area (Å²) in [5, 5.41) is 2.14. The average Bonchev–Trinajstić information content (AvgIpc) is 3.78. The lowest BCUT2D eigenvalue weighted by molar-refractivity contribution is 0.0725. The molecule has 0 saturated heterocycles. The molecule has 1 atom stereocenters. The Kier molecular flexibility index (Phi) is 6.95. The molecule has 5 heterocycles. The third-order valence-electron chi connectivity index (χ3n) is 9.54. The predicted octanol–water partition coefficient (Wildman–Crippen LogP) is 5.54. The third-order valence-corrected chi connectivity index (χ3v) is 9.54. The number of rotatable bonds is 4. The topological polar surface area (TPSA) is 93.7 Å². The fraction of sp³-hybridized carbons (Fsp3) is 0.314. The molecule has 4 aromatic heterocycles.